The van der Waals surface area contributed by atoms with Gasteiger partial charge in [-0.1, -0.05) is 19.1 Å². The van der Waals surface area contributed by atoms with Crippen LogP contribution < -0.4 is 10.6 Å². The Morgan fingerprint density at radius 3 is 2.78 bits per heavy atom. The molecule has 2 aromatic rings. The molecule has 2 aromatic heterocycles. The molecule has 0 aliphatic heterocycles. The topological polar surface area (TPSA) is 109 Å². The van der Waals surface area contributed by atoms with Gasteiger partial charge in [0.1, 0.15) is 0 Å². The second kappa shape index (κ2) is 8.79. The number of carboxylic acid groups (broad SMARTS) is 1. The third kappa shape index (κ3) is 4.81. The lowest BCUT2D eigenvalue weighted by Crippen LogP contribution is -2.27. The van der Waals surface area contributed by atoms with E-state index in [0.29, 0.717) is 23.5 Å². The molecule has 0 bridgehead atoms. The first-order valence-electron chi connectivity index (χ1n) is 8.39. The number of nitrogens with one attached hydrogen (secondary N) is 2. The maximum Gasteiger partial charge on any atom is 0.405 e. The normalized spacial score (nSPS) is 12.7. The highest BCUT2D eigenvalue weighted by Gasteiger charge is 2.19. The van der Waals surface area contributed by atoms with Crippen LogP contribution in [-0.2, 0) is 11.8 Å². The molecule has 2 atom stereocenters. The summed E-state index contributed by atoms with van der Waals surface area (Å²) in [5, 5.41) is 18.5. The van der Waals surface area contributed by atoms with E-state index >= 15 is 0 Å². The van der Waals surface area contributed by atoms with Crippen LogP contribution >= 0.6 is 0 Å². The van der Waals surface area contributed by atoms with Gasteiger partial charge in [-0.15, -0.1) is 13.2 Å². The van der Waals surface area contributed by atoms with E-state index in [1.54, 1.807) is 55.3 Å². The minimum Gasteiger partial charge on any atom is -0.465 e. The minimum atomic E-state index is -1.14. The van der Waals surface area contributed by atoms with Gasteiger partial charge in [-0.05, 0) is 18.6 Å². The van der Waals surface area contributed by atoms with Gasteiger partial charge in [-0.2, -0.15) is 5.10 Å². The molecule has 2 amide bonds. The fourth-order valence-corrected chi connectivity index (χ4v) is 2.58. The Morgan fingerprint density at radius 1 is 1.41 bits per heavy atom. The summed E-state index contributed by atoms with van der Waals surface area (Å²) >= 11 is 0. The Bertz CT molecular complexity index is 859. The van der Waals surface area contributed by atoms with Crippen molar-refractivity contribution in [3.63, 3.8) is 0 Å². The van der Waals surface area contributed by atoms with E-state index in [-0.39, 0.29) is 11.8 Å². The third-order valence-corrected chi connectivity index (χ3v) is 4.08. The summed E-state index contributed by atoms with van der Waals surface area (Å²) in [4.78, 5) is 27.5. The Morgan fingerprint density at radius 2 is 2.15 bits per heavy atom. The average Bonchev–Trinajstić information content (AvgIpc) is 3.00. The molecule has 0 spiro atoms. The monoisotopic (exact) mass is 369 g/mol. The summed E-state index contributed by atoms with van der Waals surface area (Å²) in [6, 6.07) is 3.03. The van der Waals surface area contributed by atoms with Crippen LogP contribution in [0.15, 0.2) is 49.8 Å². The number of pyridine rings is 1. The molecule has 8 nitrogen and oxygen atoms in total. The van der Waals surface area contributed by atoms with Crippen LogP contribution in [0.3, 0.4) is 0 Å². The first kappa shape index (κ1) is 19.9. The summed E-state index contributed by atoms with van der Waals surface area (Å²) in [6.07, 6.45) is 5.61. The van der Waals surface area contributed by atoms with Crippen LogP contribution in [0, 0.1) is 5.92 Å². The number of anilines is 1. The lowest BCUT2D eigenvalue weighted by atomic mass is 10.1. The Kier molecular flexibility index (Phi) is 6.48. The number of aryl methyl sites for hydroxylation is 1. The molecule has 8 heteroatoms. The van der Waals surface area contributed by atoms with E-state index in [1.165, 1.54) is 0 Å². The summed E-state index contributed by atoms with van der Waals surface area (Å²) in [6.45, 7) is 9.04. The number of rotatable bonds is 8. The van der Waals surface area contributed by atoms with Crippen molar-refractivity contribution in [2.45, 2.75) is 19.4 Å². The van der Waals surface area contributed by atoms with Crippen molar-refractivity contribution in [3.05, 3.63) is 55.5 Å². The predicted octanol–water partition coefficient (Wildman–Crippen LogP) is 3.13. The molecule has 2 rings (SSSR count). The molecule has 1 unspecified atom stereocenters. The number of amides is 2. The molecule has 2 heterocycles. The molecule has 0 fully saturated rings. The molecule has 0 saturated carbocycles. The Labute approximate surface area is 157 Å². The maximum atomic E-state index is 12.2. The fraction of sp³-hybridized carbons (Fsp3) is 0.263. The van der Waals surface area contributed by atoms with Crippen LogP contribution in [0.5, 0.6) is 0 Å². The van der Waals surface area contributed by atoms with Gasteiger partial charge in [0.2, 0.25) is 5.91 Å². The second-order valence-electron chi connectivity index (χ2n) is 6.04. The van der Waals surface area contributed by atoms with Crippen molar-refractivity contribution in [3.8, 4) is 11.3 Å². The van der Waals surface area contributed by atoms with Gasteiger partial charge in [-0.3, -0.25) is 14.5 Å². The summed E-state index contributed by atoms with van der Waals surface area (Å²) in [5.41, 5.74) is 2.55. The van der Waals surface area contributed by atoms with Crippen molar-refractivity contribution in [1.82, 2.24) is 20.1 Å². The summed E-state index contributed by atoms with van der Waals surface area (Å²) in [7, 11) is 1.76. The van der Waals surface area contributed by atoms with E-state index < -0.39 is 12.1 Å². The largest absolute Gasteiger partial charge is 0.465 e. The fourth-order valence-electron chi connectivity index (χ4n) is 2.58. The molecule has 142 valence electrons. The molecule has 3 N–H and O–H groups in total. The van der Waals surface area contributed by atoms with Gasteiger partial charge in [0.15, 0.2) is 0 Å². The van der Waals surface area contributed by atoms with Crippen LogP contribution in [-0.4, -0.2) is 31.9 Å². The van der Waals surface area contributed by atoms with Crippen molar-refractivity contribution < 1.29 is 14.7 Å². The van der Waals surface area contributed by atoms with Gasteiger partial charge in [0, 0.05) is 18.8 Å². The van der Waals surface area contributed by atoms with E-state index in [2.05, 4.69) is 33.9 Å². The van der Waals surface area contributed by atoms with Gasteiger partial charge in [0.25, 0.3) is 0 Å². The van der Waals surface area contributed by atoms with Crippen molar-refractivity contribution in [1.29, 1.82) is 0 Å². The predicted molar refractivity (Wildman–Crippen MR) is 103 cm³/mol. The SMILES string of the molecule is C=CC[C@H](NC(=O)O)c1cc(-c2c(NC(=O)C(C)C=C)cnn2C)ccn1. The minimum absolute atomic E-state index is 0.189. The third-order valence-electron chi connectivity index (χ3n) is 4.08. The molecular formula is C19H23N5O3. The van der Waals surface area contributed by atoms with E-state index in [1.807, 2.05) is 0 Å². The van der Waals surface area contributed by atoms with Crippen molar-refractivity contribution >= 4 is 17.7 Å². The summed E-state index contributed by atoms with van der Waals surface area (Å²) < 4.78 is 1.64. The second-order valence-corrected chi connectivity index (χ2v) is 6.04. The molecule has 27 heavy (non-hydrogen) atoms. The molecule has 0 saturated heterocycles. The number of hydrogen-bond donors (Lipinski definition) is 3. The van der Waals surface area contributed by atoms with Crippen LogP contribution in [0.4, 0.5) is 10.5 Å². The number of aromatic nitrogens is 3. The molecule has 0 aromatic carbocycles. The molecule has 0 aliphatic rings. The van der Waals surface area contributed by atoms with Gasteiger partial charge in [-0.25, -0.2) is 4.79 Å². The Hall–Kier alpha value is -3.42. The smallest absolute Gasteiger partial charge is 0.405 e. The number of carbonyl (C=O) groups is 2. The quantitative estimate of drug-likeness (QED) is 0.619. The van der Waals surface area contributed by atoms with E-state index in [4.69, 9.17) is 5.11 Å². The number of hydrogen-bond acceptors (Lipinski definition) is 4. The van der Waals surface area contributed by atoms with E-state index in [0.717, 1.165) is 5.56 Å². The van der Waals surface area contributed by atoms with E-state index in [9.17, 15) is 9.59 Å². The lowest BCUT2D eigenvalue weighted by Gasteiger charge is -2.16. The standard InChI is InChI=1S/C19H23N5O3/c1-5-7-14(23-19(26)27)15-10-13(8-9-20-15)17-16(11-21-24(17)4)22-18(25)12(3)6-2/h5-6,8-12,14,23H,1-2,7H2,3-4H3,(H,22,25)(H,26,27)/t12?,14-/m0/s1. The van der Waals surface area contributed by atoms with Crippen LogP contribution in [0.2, 0.25) is 0 Å². The zero-order valence-corrected chi connectivity index (χ0v) is 15.3. The highest BCUT2D eigenvalue weighted by atomic mass is 16.4. The van der Waals surface area contributed by atoms with Gasteiger partial charge < -0.3 is 15.7 Å². The highest BCUT2D eigenvalue weighted by molar-refractivity contribution is 5.96. The first-order chi connectivity index (χ1) is 12.9. The highest BCUT2D eigenvalue weighted by Crippen LogP contribution is 2.29. The maximum absolute atomic E-state index is 12.2. The number of nitrogens with zero attached hydrogens (tertiary/aromatic N) is 3. The average molecular weight is 369 g/mol. The zero-order chi connectivity index (χ0) is 20.0. The van der Waals surface area contributed by atoms with Crippen LogP contribution in [0.25, 0.3) is 11.3 Å². The molecular weight excluding hydrogens is 346 g/mol. The molecule has 0 aliphatic carbocycles. The van der Waals surface area contributed by atoms with Gasteiger partial charge in [0.05, 0.1) is 35.2 Å². The van der Waals surface area contributed by atoms with Crippen molar-refractivity contribution in [2.75, 3.05) is 5.32 Å². The molecule has 0 radical (unpaired) electrons. The lowest BCUT2D eigenvalue weighted by molar-refractivity contribution is -0.118. The zero-order valence-electron chi connectivity index (χ0n) is 15.3. The Balaban J connectivity index is 2.40. The van der Waals surface area contributed by atoms with Gasteiger partial charge >= 0.3 is 6.09 Å². The van der Waals surface area contributed by atoms with Crippen molar-refractivity contribution in [2.24, 2.45) is 13.0 Å². The summed E-state index contributed by atoms with van der Waals surface area (Å²) in [5.74, 6) is -0.534. The number of carbonyl (C=O) groups excluding carboxylic acids is 1. The van der Waals surface area contributed by atoms with Crippen LogP contribution in [0.1, 0.15) is 25.1 Å². The first-order valence-corrected chi connectivity index (χ1v) is 8.39.